The molecule has 12 heavy (non-hydrogen) atoms. The Morgan fingerprint density at radius 3 is 3.08 bits per heavy atom. The van der Waals surface area contributed by atoms with Gasteiger partial charge in [0.2, 0.25) is 0 Å². The number of hydrogen-bond donors (Lipinski definition) is 1. The quantitative estimate of drug-likeness (QED) is 0.669. The number of nitrogens with one attached hydrogen (secondary N) is 1. The van der Waals surface area contributed by atoms with Crippen molar-refractivity contribution in [1.82, 2.24) is 4.98 Å². The van der Waals surface area contributed by atoms with E-state index in [1.807, 2.05) is 30.5 Å². The van der Waals surface area contributed by atoms with E-state index in [-0.39, 0.29) is 0 Å². The summed E-state index contributed by atoms with van der Waals surface area (Å²) in [5.41, 5.74) is 2.16. The van der Waals surface area contributed by atoms with Gasteiger partial charge >= 0.3 is 0 Å². The molecule has 1 aliphatic heterocycles. The van der Waals surface area contributed by atoms with E-state index < -0.39 is 0 Å². The van der Waals surface area contributed by atoms with E-state index in [1.165, 1.54) is 6.26 Å². The zero-order chi connectivity index (χ0) is 8.39. The molecule has 0 aromatic carbocycles. The number of aromatic amines is 1. The highest BCUT2D eigenvalue weighted by atomic mass is 16.5. The van der Waals surface area contributed by atoms with Crippen LogP contribution >= 0.6 is 0 Å². The average Bonchev–Trinajstić information content (AvgIpc) is 2.50. The molecule has 2 nitrogen and oxygen atoms in total. The normalized spacial score (nSPS) is 10.0. The molecule has 0 bridgehead atoms. The van der Waals surface area contributed by atoms with Gasteiger partial charge in [0.1, 0.15) is 5.75 Å². The molecule has 0 amide bonds. The highest BCUT2D eigenvalue weighted by Crippen LogP contribution is 2.31. The van der Waals surface area contributed by atoms with E-state index in [4.69, 9.17) is 4.74 Å². The molecule has 0 saturated carbocycles. The zero-order valence-corrected chi connectivity index (χ0v) is 6.58. The van der Waals surface area contributed by atoms with Gasteiger partial charge in [0, 0.05) is 17.5 Å². The third-order valence-electron chi connectivity index (χ3n) is 1.77. The predicted octanol–water partition coefficient (Wildman–Crippen LogP) is 2.64. The van der Waals surface area contributed by atoms with E-state index in [2.05, 4.69) is 11.6 Å². The molecule has 2 aliphatic rings. The van der Waals surface area contributed by atoms with Crippen molar-refractivity contribution in [2.45, 2.75) is 0 Å². The molecule has 0 saturated heterocycles. The number of hydrogen-bond acceptors (Lipinski definition) is 1. The lowest BCUT2D eigenvalue weighted by molar-refractivity contribution is 0.487. The Morgan fingerprint density at radius 1 is 1.33 bits per heavy atom. The Kier molecular flexibility index (Phi) is 1.59. The molecule has 0 aromatic rings. The number of fused-ring (bicyclic) bond motifs is 1. The number of pyridine rings is 1. The maximum Gasteiger partial charge on any atom is 0.135 e. The van der Waals surface area contributed by atoms with Crippen LogP contribution < -0.4 is 4.74 Å². The van der Waals surface area contributed by atoms with E-state index >= 15 is 0 Å². The topological polar surface area (TPSA) is 25.0 Å². The van der Waals surface area contributed by atoms with Gasteiger partial charge in [-0.25, -0.2) is 0 Å². The number of ether oxygens (including phenoxy) is 1. The third kappa shape index (κ3) is 0.975. The molecule has 1 aliphatic carbocycles. The Labute approximate surface area is 70.8 Å². The first-order chi connectivity index (χ1) is 5.92. The standard InChI is InChI=1S/C10H9NO/c1-2-12-10-6-5-9-8(10)4-3-7-11-9/h2-7,11H,1H2. The van der Waals surface area contributed by atoms with Crippen molar-refractivity contribution in [2.24, 2.45) is 0 Å². The molecule has 1 heterocycles. The molecule has 0 fully saturated rings. The summed E-state index contributed by atoms with van der Waals surface area (Å²) in [4.78, 5) is 3.12. The van der Waals surface area contributed by atoms with Crippen LogP contribution in [0.3, 0.4) is 0 Å². The van der Waals surface area contributed by atoms with E-state index in [0.29, 0.717) is 0 Å². The summed E-state index contributed by atoms with van der Waals surface area (Å²) >= 11 is 0. The van der Waals surface area contributed by atoms with Crippen LogP contribution in [-0.4, -0.2) is 4.98 Å². The SMILES string of the molecule is C=COc1ccc2[nH]cccc1-2. The van der Waals surface area contributed by atoms with Gasteiger partial charge in [0.05, 0.1) is 6.26 Å². The van der Waals surface area contributed by atoms with Gasteiger partial charge in [0.15, 0.2) is 0 Å². The summed E-state index contributed by atoms with van der Waals surface area (Å²) in [7, 11) is 0. The molecule has 0 atom stereocenters. The molecule has 0 spiro atoms. The van der Waals surface area contributed by atoms with Crippen molar-refractivity contribution in [2.75, 3.05) is 0 Å². The Hall–Kier alpha value is -1.70. The maximum atomic E-state index is 5.20. The second-order valence-corrected chi connectivity index (χ2v) is 2.48. The largest absolute Gasteiger partial charge is 0.465 e. The fourth-order valence-electron chi connectivity index (χ4n) is 1.24. The minimum Gasteiger partial charge on any atom is -0.465 e. The van der Waals surface area contributed by atoms with E-state index in [0.717, 1.165) is 17.0 Å². The van der Waals surface area contributed by atoms with Gasteiger partial charge in [-0.3, -0.25) is 0 Å². The first-order valence-electron chi connectivity index (χ1n) is 3.75. The second kappa shape index (κ2) is 2.74. The van der Waals surface area contributed by atoms with Crippen LogP contribution in [0.5, 0.6) is 5.75 Å². The van der Waals surface area contributed by atoms with Crippen molar-refractivity contribution in [3.8, 4) is 17.0 Å². The van der Waals surface area contributed by atoms with Gasteiger partial charge in [0.25, 0.3) is 0 Å². The molecular weight excluding hydrogens is 150 g/mol. The second-order valence-electron chi connectivity index (χ2n) is 2.48. The Bertz CT molecular complexity index is 364. The van der Waals surface area contributed by atoms with Crippen molar-refractivity contribution in [3.63, 3.8) is 0 Å². The summed E-state index contributed by atoms with van der Waals surface area (Å²) < 4.78 is 5.20. The summed E-state index contributed by atoms with van der Waals surface area (Å²) in [5, 5.41) is 0. The van der Waals surface area contributed by atoms with Crippen LogP contribution in [0, 0.1) is 0 Å². The molecule has 60 valence electrons. The number of H-pyrrole nitrogens is 1. The van der Waals surface area contributed by atoms with Gasteiger partial charge in [-0.1, -0.05) is 6.58 Å². The highest BCUT2D eigenvalue weighted by molar-refractivity contribution is 5.70. The molecular formula is C10H9NO. The molecule has 0 radical (unpaired) electrons. The fourth-order valence-corrected chi connectivity index (χ4v) is 1.24. The predicted molar refractivity (Wildman–Crippen MR) is 48.2 cm³/mol. The van der Waals surface area contributed by atoms with Gasteiger partial charge in [-0.2, -0.15) is 0 Å². The lowest BCUT2D eigenvalue weighted by atomic mass is 10.2. The smallest absolute Gasteiger partial charge is 0.135 e. The van der Waals surface area contributed by atoms with E-state index in [9.17, 15) is 0 Å². The fraction of sp³-hybridized carbons (Fsp3) is 0. The van der Waals surface area contributed by atoms with Crippen molar-refractivity contribution < 1.29 is 4.74 Å². The van der Waals surface area contributed by atoms with Gasteiger partial charge < -0.3 is 9.72 Å². The molecule has 1 N–H and O–H groups in total. The van der Waals surface area contributed by atoms with E-state index in [1.54, 1.807) is 0 Å². The summed E-state index contributed by atoms with van der Waals surface area (Å²) in [5.74, 6) is 0.844. The first kappa shape index (κ1) is 6.98. The minimum atomic E-state index is 0.844. The molecule has 0 aromatic heterocycles. The lowest BCUT2D eigenvalue weighted by Gasteiger charge is -2.01. The minimum absolute atomic E-state index is 0.844. The first-order valence-corrected chi connectivity index (χ1v) is 3.75. The van der Waals surface area contributed by atoms with Crippen LogP contribution in [0.2, 0.25) is 0 Å². The van der Waals surface area contributed by atoms with Crippen molar-refractivity contribution >= 4 is 0 Å². The van der Waals surface area contributed by atoms with Crippen LogP contribution in [-0.2, 0) is 0 Å². The van der Waals surface area contributed by atoms with Crippen LogP contribution in [0.25, 0.3) is 11.3 Å². The summed E-state index contributed by atoms with van der Waals surface area (Å²) in [6, 6.07) is 7.85. The van der Waals surface area contributed by atoms with Crippen LogP contribution in [0.4, 0.5) is 0 Å². The lowest BCUT2D eigenvalue weighted by Crippen LogP contribution is -1.82. The highest BCUT2D eigenvalue weighted by Gasteiger charge is 2.07. The average molecular weight is 159 g/mol. The number of aromatic nitrogens is 1. The third-order valence-corrected chi connectivity index (χ3v) is 1.77. The van der Waals surface area contributed by atoms with Gasteiger partial charge in [-0.15, -0.1) is 0 Å². The molecule has 2 rings (SSSR count). The molecule has 2 heteroatoms. The van der Waals surface area contributed by atoms with Crippen molar-refractivity contribution in [3.05, 3.63) is 43.3 Å². The van der Waals surface area contributed by atoms with Crippen LogP contribution in [0.15, 0.2) is 43.3 Å². The molecule has 0 unspecified atom stereocenters. The zero-order valence-electron chi connectivity index (χ0n) is 6.58. The summed E-state index contributed by atoms with van der Waals surface area (Å²) in [6.45, 7) is 3.51. The monoisotopic (exact) mass is 159 g/mol. The summed E-state index contributed by atoms with van der Waals surface area (Å²) in [6.07, 6.45) is 3.32. The number of rotatable bonds is 2. The van der Waals surface area contributed by atoms with Crippen molar-refractivity contribution in [1.29, 1.82) is 0 Å². The Balaban J connectivity index is 2.52. The van der Waals surface area contributed by atoms with Crippen LogP contribution in [0.1, 0.15) is 0 Å². The van der Waals surface area contributed by atoms with Gasteiger partial charge in [-0.05, 0) is 24.3 Å². The Morgan fingerprint density at radius 2 is 2.25 bits per heavy atom. The maximum absolute atomic E-state index is 5.20.